The van der Waals surface area contributed by atoms with Crippen LogP contribution < -0.4 is 14.4 Å². The van der Waals surface area contributed by atoms with Crippen LogP contribution >= 0.6 is 0 Å². The SMILES string of the molecule is COc1ccc(C2=NN3C(C2)c2ccccc2OC32C(=O)N(Cc3ccccc3)c3ccccc32)cc1. The summed E-state index contributed by atoms with van der Waals surface area (Å²) in [7, 11) is 1.66. The van der Waals surface area contributed by atoms with Crippen molar-refractivity contribution in [3.8, 4) is 11.5 Å². The summed E-state index contributed by atoms with van der Waals surface area (Å²) in [6.45, 7) is 0.455. The Balaban J connectivity index is 1.39. The van der Waals surface area contributed by atoms with E-state index in [1.807, 2.05) is 107 Å². The zero-order valence-electron chi connectivity index (χ0n) is 20.4. The van der Waals surface area contributed by atoms with Gasteiger partial charge in [-0.2, -0.15) is 5.10 Å². The number of anilines is 1. The van der Waals surface area contributed by atoms with Crippen molar-refractivity contribution in [2.24, 2.45) is 5.10 Å². The van der Waals surface area contributed by atoms with Gasteiger partial charge >= 0.3 is 5.72 Å². The zero-order chi connectivity index (χ0) is 25.0. The van der Waals surface area contributed by atoms with Crippen LogP contribution in [0.5, 0.6) is 11.5 Å². The van der Waals surface area contributed by atoms with E-state index in [2.05, 4.69) is 6.07 Å². The molecule has 2 atom stereocenters. The number of hydrogen-bond donors (Lipinski definition) is 0. The first-order valence-electron chi connectivity index (χ1n) is 12.4. The molecule has 0 radical (unpaired) electrons. The van der Waals surface area contributed by atoms with Crippen molar-refractivity contribution in [2.45, 2.75) is 24.7 Å². The average molecular weight is 488 g/mol. The van der Waals surface area contributed by atoms with Crippen LogP contribution in [-0.2, 0) is 17.1 Å². The molecule has 37 heavy (non-hydrogen) atoms. The molecule has 0 fully saturated rings. The van der Waals surface area contributed by atoms with E-state index in [4.69, 9.17) is 14.6 Å². The second-order valence-electron chi connectivity index (χ2n) is 9.52. The van der Waals surface area contributed by atoms with Gasteiger partial charge in [-0.3, -0.25) is 4.79 Å². The summed E-state index contributed by atoms with van der Waals surface area (Å²) < 4.78 is 12.1. The van der Waals surface area contributed by atoms with Gasteiger partial charge in [0.2, 0.25) is 0 Å². The highest BCUT2D eigenvalue weighted by atomic mass is 16.5. The van der Waals surface area contributed by atoms with Gasteiger partial charge < -0.3 is 14.4 Å². The summed E-state index contributed by atoms with van der Waals surface area (Å²) in [6, 6.07) is 33.7. The lowest BCUT2D eigenvalue weighted by Gasteiger charge is -2.44. The summed E-state index contributed by atoms with van der Waals surface area (Å²) >= 11 is 0. The Morgan fingerprint density at radius 3 is 2.46 bits per heavy atom. The van der Waals surface area contributed by atoms with Crippen molar-refractivity contribution < 1.29 is 14.3 Å². The molecule has 0 saturated heterocycles. The number of benzene rings is 4. The number of ether oxygens (including phenoxy) is 2. The van der Waals surface area contributed by atoms with E-state index in [0.29, 0.717) is 13.0 Å². The lowest BCUT2D eigenvalue weighted by Crippen LogP contribution is -2.57. The van der Waals surface area contributed by atoms with E-state index in [9.17, 15) is 4.79 Å². The molecular weight excluding hydrogens is 462 g/mol. The number of fused-ring (bicyclic) bond motifs is 6. The first-order chi connectivity index (χ1) is 18.2. The second kappa shape index (κ2) is 8.23. The van der Waals surface area contributed by atoms with Gasteiger partial charge in [-0.05, 0) is 47.5 Å². The Bertz CT molecular complexity index is 1530. The number of hydrazone groups is 1. The maximum Gasteiger partial charge on any atom is 0.306 e. The topological polar surface area (TPSA) is 54.4 Å². The first-order valence-corrected chi connectivity index (χ1v) is 12.4. The van der Waals surface area contributed by atoms with Crippen LogP contribution in [0.3, 0.4) is 0 Å². The van der Waals surface area contributed by atoms with Crippen molar-refractivity contribution in [2.75, 3.05) is 12.0 Å². The van der Waals surface area contributed by atoms with E-state index < -0.39 is 5.72 Å². The molecule has 3 aliphatic heterocycles. The Morgan fingerprint density at radius 2 is 1.65 bits per heavy atom. The molecule has 6 nitrogen and oxygen atoms in total. The molecule has 4 aromatic carbocycles. The molecule has 0 saturated carbocycles. The van der Waals surface area contributed by atoms with Crippen LogP contribution in [0.1, 0.15) is 34.7 Å². The smallest absolute Gasteiger partial charge is 0.306 e. The number of carbonyl (C=O) groups excluding carboxylic acids is 1. The van der Waals surface area contributed by atoms with Gasteiger partial charge in [-0.25, -0.2) is 5.01 Å². The van der Waals surface area contributed by atoms with Crippen LogP contribution in [-0.4, -0.2) is 23.7 Å². The van der Waals surface area contributed by atoms with Crippen LogP contribution in [0.4, 0.5) is 5.69 Å². The summed E-state index contributed by atoms with van der Waals surface area (Å²) in [5.41, 5.74) is 4.30. The molecule has 182 valence electrons. The second-order valence-corrected chi connectivity index (χ2v) is 9.52. The third-order valence-corrected chi connectivity index (χ3v) is 7.47. The van der Waals surface area contributed by atoms with E-state index in [-0.39, 0.29) is 11.9 Å². The van der Waals surface area contributed by atoms with Crippen molar-refractivity contribution >= 4 is 17.3 Å². The van der Waals surface area contributed by atoms with E-state index in [1.54, 1.807) is 7.11 Å². The molecule has 1 spiro atoms. The highest BCUT2D eigenvalue weighted by Crippen LogP contribution is 2.55. The van der Waals surface area contributed by atoms with Crippen molar-refractivity contribution in [3.05, 3.63) is 125 Å². The largest absolute Gasteiger partial charge is 0.497 e. The van der Waals surface area contributed by atoms with Gasteiger partial charge in [0.05, 0.1) is 36.7 Å². The Kier molecular flexibility index (Phi) is 4.83. The summed E-state index contributed by atoms with van der Waals surface area (Å²) in [4.78, 5) is 16.3. The van der Waals surface area contributed by atoms with Gasteiger partial charge in [0.1, 0.15) is 11.5 Å². The average Bonchev–Trinajstić information content (AvgIpc) is 3.50. The Hall–Kier alpha value is -4.58. The quantitative estimate of drug-likeness (QED) is 0.374. The lowest BCUT2D eigenvalue weighted by molar-refractivity contribution is -0.164. The maximum atomic E-state index is 14.5. The standard InChI is InChI=1S/C31H25N3O3/c1-36-23-17-15-22(16-18-23)26-19-28-24-11-5-8-14-29(24)37-31(34(28)32-26)25-12-6-7-13-27(25)33(30(31)35)20-21-9-3-2-4-10-21/h2-18,28H,19-20H2,1H3. The number of carbonyl (C=O) groups is 1. The predicted octanol–water partition coefficient (Wildman–Crippen LogP) is 5.64. The minimum Gasteiger partial charge on any atom is -0.497 e. The fraction of sp³-hybridized carbons (Fsp3) is 0.161. The summed E-state index contributed by atoms with van der Waals surface area (Å²) in [5, 5.41) is 7.00. The monoisotopic (exact) mass is 487 g/mol. The van der Waals surface area contributed by atoms with Gasteiger partial charge in [0, 0.05) is 12.0 Å². The molecule has 0 aromatic heterocycles. The predicted molar refractivity (Wildman–Crippen MR) is 142 cm³/mol. The minimum absolute atomic E-state index is 0.128. The molecule has 0 aliphatic carbocycles. The molecule has 7 rings (SSSR count). The van der Waals surface area contributed by atoms with Crippen molar-refractivity contribution in [3.63, 3.8) is 0 Å². The van der Waals surface area contributed by atoms with Crippen LogP contribution in [0.25, 0.3) is 0 Å². The van der Waals surface area contributed by atoms with Gasteiger partial charge in [0.15, 0.2) is 0 Å². The fourth-order valence-electron chi connectivity index (χ4n) is 5.70. The Morgan fingerprint density at radius 1 is 0.919 bits per heavy atom. The summed E-state index contributed by atoms with van der Waals surface area (Å²) in [6.07, 6.45) is 0.669. The number of amides is 1. The van der Waals surface area contributed by atoms with Crippen LogP contribution in [0.15, 0.2) is 108 Å². The van der Waals surface area contributed by atoms with Gasteiger partial charge in [-0.15, -0.1) is 0 Å². The number of para-hydroxylation sites is 2. The normalized spacial score (nSPS) is 21.3. The molecule has 2 unspecified atom stereocenters. The molecule has 1 amide bonds. The van der Waals surface area contributed by atoms with Crippen molar-refractivity contribution in [1.82, 2.24) is 5.01 Å². The van der Waals surface area contributed by atoms with Gasteiger partial charge in [-0.1, -0.05) is 66.7 Å². The number of hydrogen-bond acceptors (Lipinski definition) is 5. The van der Waals surface area contributed by atoms with E-state index >= 15 is 0 Å². The number of nitrogens with zero attached hydrogens (tertiary/aromatic N) is 3. The summed E-state index contributed by atoms with van der Waals surface area (Å²) in [5.74, 6) is 1.39. The van der Waals surface area contributed by atoms with Crippen LogP contribution in [0.2, 0.25) is 0 Å². The van der Waals surface area contributed by atoms with E-state index in [1.165, 1.54) is 0 Å². The molecule has 0 N–H and O–H groups in total. The van der Waals surface area contributed by atoms with E-state index in [0.717, 1.165) is 45.2 Å². The molecule has 6 heteroatoms. The van der Waals surface area contributed by atoms with Crippen molar-refractivity contribution in [1.29, 1.82) is 0 Å². The number of methoxy groups -OCH3 is 1. The zero-order valence-corrected chi connectivity index (χ0v) is 20.4. The molecule has 4 aromatic rings. The van der Waals surface area contributed by atoms with Crippen LogP contribution in [0, 0.1) is 0 Å². The molecular formula is C31H25N3O3. The third-order valence-electron chi connectivity index (χ3n) is 7.47. The molecule has 0 bridgehead atoms. The lowest BCUT2D eigenvalue weighted by atomic mass is 9.92. The molecule has 3 heterocycles. The maximum absolute atomic E-state index is 14.5. The highest BCUT2D eigenvalue weighted by Gasteiger charge is 2.63. The van der Waals surface area contributed by atoms with Gasteiger partial charge in [0.25, 0.3) is 5.91 Å². The highest BCUT2D eigenvalue weighted by molar-refractivity contribution is 6.08. The Labute approximate surface area is 215 Å². The minimum atomic E-state index is -1.38. The third kappa shape index (κ3) is 3.18. The first kappa shape index (κ1) is 21.7. The number of rotatable bonds is 4. The molecule has 3 aliphatic rings. The fourth-order valence-corrected chi connectivity index (χ4v) is 5.70.